The number of benzene rings is 2. The molecule has 11 heteroatoms. The molecular formula is C20H17N3O6S2. The fourth-order valence-corrected chi connectivity index (χ4v) is 5.00. The van der Waals surface area contributed by atoms with Crippen LogP contribution >= 0.6 is 23.5 Å². The Morgan fingerprint density at radius 1 is 1.13 bits per heavy atom. The van der Waals surface area contributed by atoms with E-state index < -0.39 is 11.2 Å². The third-order valence-corrected chi connectivity index (χ3v) is 6.73. The topological polar surface area (TPSA) is 110 Å². The molecule has 0 aliphatic carbocycles. The summed E-state index contributed by atoms with van der Waals surface area (Å²) in [7, 11) is 0. The first-order valence-electron chi connectivity index (χ1n) is 9.32. The van der Waals surface area contributed by atoms with Crippen LogP contribution in [0.15, 0.2) is 53.4 Å². The minimum absolute atomic E-state index is 0.0477. The van der Waals surface area contributed by atoms with Crippen LogP contribution in [0.5, 0.6) is 0 Å². The van der Waals surface area contributed by atoms with E-state index in [0.29, 0.717) is 22.5 Å². The highest BCUT2D eigenvalue weighted by molar-refractivity contribution is 8.26. The van der Waals surface area contributed by atoms with Crippen molar-refractivity contribution in [2.45, 2.75) is 17.7 Å². The normalized spacial score (nSPS) is 18.5. The van der Waals surface area contributed by atoms with E-state index in [1.165, 1.54) is 33.7 Å². The maximum Gasteiger partial charge on any atom is 0.292 e. The predicted molar refractivity (Wildman–Crippen MR) is 115 cm³/mol. The molecule has 0 N–H and O–H groups in total. The zero-order valence-corrected chi connectivity index (χ0v) is 17.8. The molecule has 9 nitrogen and oxygen atoms in total. The van der Waals surface area contributed by atoms with E-state index in [9.17, 15) is 24.5 Å². The van der Waals surface area contributed by atoms with Gasteiger partial charge in [0, 0.05) is 41.9 Å². The van der Waals surface area contributed by atoms with Gasteiger partial charge < -0.3 is 9.64 Å². The smallest absolute Gasteiger partial charge is 0.292 e. The lowest BCUT2D eigenvalue weighted by atomic mass is 10.1. The minimum atomic E-state index is -1.02. The van der Waals surface area contributed by atoms with E-state index in [1.54, 1.807) is 6.07 Å². The molecule has 0 saturated carbocycles. The molecule has 1 fully saturated rings. The lowest BCUT2D eigenvalue weighted by Gasteiger charge is -2.29. The Bertz CT molecular complexity index is 1050. The van der Waals surface area contributed by atoms with Crippen molar-refractivity contribution in [2.24, 2.45) is 0 Å². The van der Waals surface area contributed by atoms with Crippen molar-refractivity contribution in [1.29, 1.82) is 0 Å². The van der Waals surface area contributed by atoms with E-state index in [4.69, 9.17) is 4.74 Å². The number of carbonyl (C=O) groups excluding carboxylic acids is 3. The Kier molecular flexibility index (Phi) is 6.25. The van der Waals surface area contributed by atoms with Gasteiger partial charge in [-0.05, 0) is 11.6 Å². The summed E-state index contributed by atoms with van der Waals surface area (Å²) in [5, 5.41) is 10.2. The fraction of sp³-hybridized carbons (Fsp3) is 0.250. The van der Waals surface area contributed by atoms with E-state index in [1.807, 2.05) is 30.3 Å². The molecule has 2 aliphatic rings. The third kappa shape index (κ3) is 4.58. The molecule has 2 aliphatic heterocycles. The highest BCUT2D eigenvalue weighted by atomic mass is 32.2. The summed E-state index contributed by atoms with van der Waals surface area (Å²) < 4.78 is 5.69. The largest absolute Gasteiger partial charge is 0.348 e. The molecule has 0 bridgehead atoms. The summed E-state index contributed by atoms with van der Waals surface area (Å²) in [6, 6.07) is 13.5. The third-order valence-electron chi connectivity index (χ3n) is 4.81. The van der Waals surface area contributed by atoms with E-state index in [2.05, 4.69) is 0 Å². The average molecular weight is 460 g/mol. The standard InChI is InChI=1S/C20H17N3O6S2/c24-17-15-10-14(23(27)28)6-7-16(15)30-12-21(17)8-9-29-18-19(25)31-20(26)22(18)11-13-4-2-1-3-5-13/h1-7,10,18H,8-9,11-12H2. The van der Waals surface area contributed by atoms with Crippen molar-refractivity contribution in [3.63, 3.8) is 0 Å². The van der Waals surface area contributed by atoms with Gasteiger partial charge in [0.05, 0.1) is 23.0 Å². The Morgan fingerprint density at radius 3 is 2.65 bits per heavy atom. The number of nitro groups is 1. The van der Waals surface area contributed by atoms with Crippen LogP contribution in [0.2, 0.25) is 0 Å². The van der Waals surface area contributed by atoms with Gasteiger partial charge in [-0.2, -0.15) is 0 Å². The molecule has 2 heterocycles. The molecular weight excluding hydrogens is 442 g/mol. The van der Waals surface area contributed by atoms with Crippen molar-refractivity contribution in [2.75, 3.05) is 19.0 Å². The highest BCUT2D eigenvalue weighted by Gasteiger charge is 2.40. The van der Waals surface area contributed by atoms with Gasteiger partial charge >= 0.3 is 0 Å². The van der Waals surface area contributed by atoms with Crippen LogP contribution in [0.25, 0.3) is 0 Å². The van der Waals surface area contributed by atoms with Crippen LogP contribution in [0.3, 0.4) is 0 Å². The molecule has 2 aromatic carbocycles. The fourth-order valence-electron chi connectivity index (χ4n) is 3.25. The summed E-state index contributed by atoms with van der Waals surface area (Å²) in [5.74, 6) is 0.0397. The van der Waals surface area contributed by atoms with Gasteiger partial charge in [0.1, 0.15) is 0 Å². The summed E-state index contributed by atoms with van der Waals surface area (Å²) >= 11 is 2.01. The van der Waals surface area contributed by atoms with E-state index >= 15 is 0 Å². The molecule has 31 heavy (non-hydrogen) atoms. The van der Waals surface area contributed by atoms with Crippen molar-refractivity contribution >= 4 is 45.5 Å². The summed E-state index contributed by atoms with van der Waals surface area (Å²) in [6.45, 7) is 0.487. The number of hydrogen-bond donors (Lipinski definition) is 0. The van der Waals surface area contributed by atoms with Gasteiger partial charge in [0.15, 0.2) is 0 Å². The maximum absolute atomic E-state index is 12.7. The highest BCUT2D eigenvalue weighted by Crippen LogP contribution is 2.33. The van der Waals surface area contributed by atoms with E-state index in [0.717, 1.165) is 5.56 Å². The van der Waals surface area contributed by atoms with Gasteiger partial charge in [-0.25, -0.2) is 0 Å². The lowest BCUT2D eigenvalue weighted by Crippen LogP contribution is -2.41. The van der Waals surface area contributed by atoms with E-state index in [-0.39, 0.29) is 47.2 Å². The summed E-state index contributed by atoms with van der Waals surface area (Å²) in [4.78, 5) is 51.2. The van der Waals surface area contributed by atoms with Crippen LogP contribution in [0, 0.1) is 10.1 Å². The second kappa shape index (κ2) is 9.08. The van der Waals surface area contributed by atoms with Crippen LogP contribution in [0.4, 0.5) is 10.5 Å². The van der Waals surface area contributed by atoms with Crippen molar-refractivity contribution in [3.05, 3.63) is 69.8 Å². The SMILES string of the molecule is O=C1SC(=O)N(Cc2ccccc2)C1OCCN1CSc2ccc([N+](=O)[O-])cc2C1=O. The van der Waals surface area contributed by atoms with Crippen LogP contribution in [-0.4, -0.2) is 56.2 Å². The first kappa shape index (κ1) is 21.3. The number of thioether (sulfide) groups is 2. The summed E-state index contributed by atoms with van der Waals surface area (Å²) in [6.07, 6.45) is -1.02. The number of non-ortho nitro benzene ring substituents is 1. The Hall–Kier alpha value is -2.89. The average Bonchev–Trinajstić information content (AvgIpc) is 3.02. The van der Waals surface area contributed by atoms with Gasteiger partial charge in [0.2, 0.25) is 11.3 Å². The second-order valence-electron chi connectivity index (χ2n) is 6.80. The lowest BCUT2D eigenvalue weighted by molar-refractivity contribution is -0.384. The minimum Gasteiger partial charge on any atom is -0.348 e. The number of hydrogen-bond acceptors (Lipinski definition) is 8. The number of fused-ring (bicyclic) bond motifs is 1. The van der Waals surface area contributed by atoms with Crippen LogP contribution in [0.1, 0.15) is 15.9 Å². The Balaban J connectivity index is 1.38. The van der Waals surface area contributed by atoms with Gasteiger partial charge in [-0.3, -0.25) is 29.4 Å². The van der Waals surface area contributed by atoms with Crippen molar-refractivity contribution in [1.82, 2.24) is 9.80 Å². The van der Waals surface area contributed by atoms with Gasteiger partial charge in [0.25, 0.3) is 16.8 Å². The molecule has 0 radical (unpaired) electrons. The molecule has 1 atom stereocenters. The first-order valence-corrected chi connectivity index (χ1v) is 11.1. The summed E-state index contributed by atoms with van der Waals surface area (Å²) in [5.41, 5.74) is 1.01. The maximum atomic E-state index is 12.7. The molecule has 160 valence electrons. The Labute approximate surface area is 185 Å². The van der Waals surface area contributed by atoms with Crippen molar-refractivity contribution < 1.29 is 24.0 Å². The predicted octanol–water partition coefficient (Wildman–Crippen LogP) is 3.34. The zero-order chi connectivity index (χ0) is 22.0. The molecule has 0 spiro atoms. The van der Waals surface area contributed by atoms with Crippen molar-refractivity contribution in [3.8, 4) is 0 Å². The number of nitro benzene ring substituents is 1. The number of rotatable bonds is 7. The number of ether oxygens (including phenoxy) is 1. The molecule has 0 aromatic heterocycles. The zero-order valence-electron chi connectivity index (χ0n) is 16.1. The number of carbonyl (C=O) groups is 3. The molecule has 2 amide bonds. The van der Waals surface area contributed by atoms with Crippen LogP contribution < -0.4 is 0 Å². The molecule has 1 unspecified atom stereocenters. The van der Waals surface area contributed by atoms with Crippen LogP contribution in [-0.2, 0) is 16.1 Å². The number of nitrogens with zero attached hydrogens (tertiary/aromatic N) is 3. The molecule has 4 rings (SSSR count). The second-order valence-corrected chi connectivity index (χ2v) is 8.75. The monoisotopic (exact) mass is 459 g/mol. The quantitative estimate of drug-likeness (QED) is 0.458. The van der Waals surface area contributed by atoms with Gasteiger partial charge in [-0.15, -0.1) is 11.8 Å². The first-order chi connectivity index (χ1) is 14.9. The Morgan fingerprint density at radius 2 is 1.90 bits per heavy atom. The molecule has 2 aromatic rings. The molecule has 1 saturated heterocycles. The number of amides is 2. The van der Waals surface area contributed by atoms with Gasteiger partial charge in [-0.1, -0.05) is 30.3 Å².